The number of carbonyl (C=O) groups excluding carboxylic acids is 2. The normalized spacial score (nSPS) is 18.4. The molecule has 0 radical (unpaired) electrons. The van der Waals surface area contributed by atoms with Crippen LogP contribution in [0.3, 0.4) is 0 Å². The van der Waals surface area contributed by atoms with Crippen LogP contribution in [0.1, 0.15) is 40.1 Å². The van der Waals surface area contributed by atoms with Crippen LogP contribution in [0, 0.1) is 12.7 Å². The van der Waals surface area contributed by atoms with Crippen molar-refractivity contribution in [2.75, 3.05) is 31.1 Å². The maximum atomic E-state index is 14.3. The van der Waals surface area contributed by atoms with E-state index in [4.69, 9.17) is 0 Å². The van der Waals surface area contributed by atoms with Crippen LogP contribution in [0.25, 0.3) is 10.9 Å². The van der Waals surface area contributed by atoms with Crippen LogP contribution in [0.5, 0.6) is 0 Å². The van der Waals surface area contributed by atoms with E-state index in [0.717, 1.165) is 27.7 Å². The minimum atomic E-state index is -0.655. The summed E-state index contributed by atoms with van der Waals surface area (Å²) in [6, 6.07) is 21.4. The number of piperazine rings is 1. The number of benzene rings is 3. The second-order valence-electron chi connectivity index (χ2n) is 9.85. The molecule has 7 heteroatoms. The first-order valence-corrected chi connectivity index (χ1v) is 12.7. The minimum absolute atomic E-state index is 0.0863. The molecular formula is C30H29FN4O2. The minimum Gasteiger partial charge on any atom is -0.366 e. The van der Waals surface area contributed by atoms with E-state index in [2.05, 4.69) is 11.1 Å². The molecular weight excluding hydrogens is 467 g/mol. The fourth-order valence-corrected chi connectivity index (χ4v) is 5.94. The zero-order valence-corrected chi connectivity index (χ0v) is 20.9. The van der Waals surface area contributed by atoms with Gasteiger partial charge in [0.25, 0.3) is 5.91 Å². The van der Waals surface area contributed by atoms with Crippen LogP contribution in [0.4, 0.5) is 10.1 Å². The number of nitrogens with one attached hydrogen (secondary N) is 1. The predicted molar refractivity (Wildman–Crippen MR) is 142 cm³/mol. The molecule has 3 heterocycles. The summed E-state index contributed by atoms with van der Waals surface area (Å²) in [5, 5.41) is 1.05. The second kappa shape index (κ2) is 9.07. The summed E-state index contributed by atoms with van der Waals surface area (Å²) >= 11 is 0. The van der Waals surface area contributed by atoms with E-state index in [9.17, 15) is 14.0 Å². The Bertz CT molecular complexity index is 1500. The number of halogens is 1. The summed E-state index contributed by atoms with van der Waals surface area (Å²) in [6.07, 6.45) is 0. The molecule has 0 aliphatic carbocycles. The molecule has 6 rings (SSSR count). The molecule has 4 aromatic rings. The monoisotopic (exact) mass is 496 g/mol. The SMILES string of the molecule is Cc1[nH]c2ccccc2c1C1c2ccccc2C(=O)N1C(C)C(=O)N1CCN(c2ccccc2F)CC1. The fourth-order valence-electron chi connectivity index (χ4n) is 5.94. The third kappa shape index (κ3) is 3.77. The molecule has 1 saturated heterocycles. The number of anilines is 1. The van der Waals surface area contributed by atoms with Gasteiger partial charge < -0.3 is 19.7 Å². The zero-order valence-electron chi connectivity index (χ0n) is 20.9. The highest BCUT2D eigenvalue weighted by molar-refractivity contribution is 6.03. The zero-order chi connectivity index (χ0) is 25.7. The molecule has 188 valence electrons. The van der Waals surface area contributed by atoms with Crippen LogP contribution < -0.4 is 4.90 Å². The maximum Gasteiger partial charge on any atom is 0.255 e. The molecule has 0 saturated carbocycles. The standard InChI is InChI=1S/C30H29FN4O2/c1-19-27(23-11-5-7-13-25(23)32-19)28-21-9-3-4-10-22(21)30(37)35(28)20(2)29(36)34-17-15-33(16-18-34)26-14-8-6-12-24(26)31/h3-14,20,28,32H,15-18H2,1-2H3. The quantitative estimate of drug-likeness (QED) is 0.437. The van der Waals surface area contributed by atoms with Crippen molar-refractivity contribution in [3.8, 4) is 0 Å². The van der Waals surface area contributed by atoms with Crippen molar-refractivity contribution in [3.63, 3.8) is 0 Å². The van der Waals surface area contributed by atoms with E-state index in [-0.39, 0.29) is 23.7 Å². The largest absolute Gasteiger partial charge is 0.366 e. The molecule has 2 atom stereocenters. The Kier molecular flexibility index (Phi) is 5.71. The average molecular weight is 497 g/mol. The fraction of sp³-hybridized carbons (Fsp3) is 0.267. The highest BCUT2D eigenvalue weighted by Gasteiger charge is 2.44. The Labute approximate surface area is 215 Å². The first-order chi connectivity index (χ1) is 18.0. The molecule has 1 aromatic heterocycles. The third-order valence-electron chi connectivity index (χ3n) is 7.77. The average Bonchev–Trinajstić information content (AvgIpc) is 3.41. The first kappa shape index (κ1) is 23.3. The van der Waals surface area contributed by atoms with Crippen LogP contribution in [-0.4, -0.2) is 58.8 Å². The van der Waals surface area contributed by atoms with E-state index >= 15 is 0 Å². The van der Waals surface area contributed by atoms with Crippen molar-refractivity contribution < 1.29 is 14.0 Å². The number of hydrogen-bond acceptors (Lipinski definition) is 3. The van der Waals surface area contributed by atoms with E-state index in [1.54, 1.807) is 21.9 Å². The highest BCUT2D eigenvalue weighted by atomic mass is 19.1. The molecule has 37 heavy (non-hydrogen) atoms. The van der Waals surface area contributed by atoms with Gasteiger partial charge in [0, 0.05) is 53.9 Å². The van der Waals surface area contributed by atoms with E-state index in [0.29, 0.717) is 37.4 Å². The molecule has 6 nitrogen and oxygen atoms in total. The summed E-state index contributed by atoms with van der Waals surface area (Å²) < 4.78 is 14.3. The summed E-state index contributed by atoms with van der Waals surface area (Å²) in [5.74, 6) is -0.471. The van der Waals surface area contributed by atoms with Crippen molar-refractivity contribution in [2.45, 2.75) is 25.9 Å². The summed E-state index contributed by atoms with van der Waals surface area (Å²) in [5.41, 5.74) is 5.14. The first-order valence-electron chi connectivity index (χ1n) is 12.7. The second-order valence-corrected chi connectivity index (χ2v) is 9.85. The number of rotatable bonds is 4. The Hall–Kier alpha value is -4.13. The molecule has 2 unspecified atom stereocenters. The van der Waals surface area contributed by atoms with Gasteiger partial charge in [-0.2, -0.15) is 0 Å². The van der Waals surface area contributed by atoms with Crippen LogP contribution >= 0.6 is 0 Å². The molecule has 0 bridgehead atoms. The van der Waals surface area contributed by atoms with Crippen LogP contribution in [0.15, 0.2) is 72.8 Å². The van der Waals surface area contributed by atoms with Gasteiger partial charge in [-0.05, 0) is 43.7 Å². The Morgan fingerprint density at radius 3 is 2.41 bits per heavy atom. The summed E-state index contributed by atoms with van der Waals surface area (Å²) in [7, 11) is 0. The molecule has 2 amide bonds. The topological polar surface area (TPSA) is 59.7 Å². The lowest BCUT2D eigenvalue weighted by Crippen LogP contribution is -2.55. The maximum absolute atomic E-state index is 14.3. The number of aromatic nitrogens is 1. The number of nitrogens with zero attached hydrogens (tertiary/aromatic N) is 3. The predicted octanol–water partition coefficient (Wildman–Crippen LogP) is 4.90. The number of fused-ring (bicyclic) bond motifs is 2. The van der Waals surface area contributed by atoms with E-state index < -0.39 is 6.04 Å². The number of aryl methyl sites for hydroxylation is 1. The number of aromatic amines is 1. The Morgan fingerprint density at radius 2 is 1.62 bits per heavy atom. The number of hydrogen-bond donors (Lipinski definition) is 1. The molecule has 2 aliphatic rings. The van der Waals surface area contributed by atoms with Crippen molar-refractivity contribution in [1.29, 1.82) is 0 Å². The van der Waals surface area contributed by atoms with Gasteiger partial charge in [-0.1, -0.05) is 48.5 Å². The van der Waals surface area contributed by atoms with Gasteiger partial charge in [0.1, 0.15) is 11.9 Å². The van der Waals surface area contributed by atoms with E-state index in [1.807, 2.05) is 67.3 Å². The molecule has 0 spiro atoms. The van der Waals surface area contributed by atoms with E-state index in [1.165, 1.54) is 6.07 Å². The highest BCUT2D eigenvalue weighted by Crippen LogP contribution is 2.43. The van der Waals surface area contributed by atoms with Gasteiger partial charge in [0.15, 0.2) is 0 Å². The van der Waals surface area contributed by atoms with Gasteiger partial charge in [-0.3, -0.25) is 9.59 Å². The lowest BCUT2D eigenvalue weighted by Gasteiger charge is -2.39. The molecule has 3 aromatic carbocycles. The van der Waals surface area contributed by atoms with Crippen LogP contribution in [-0.2, 0) is 4.79 Å². The van der Waals surface area contributed by atoms with Crippen molar-refractivity contribution in [2.24, 2.45) is 0 Å². The smallest absolute Gasteiger partial charge is 0.255 e. The Morgan fingerprint density at radius 1 is 0.946 bits per heavy atom. The van der Waals surface area contributed by atoms with Gasteiger partial charge in [-0.15, -0.1) is 0 Å². The third-order valence-corrected chi connectivity index (χ3v) is 7.77. The van der Waals surface area contributed by atoms with Crippen LogP contribution in [0.2, 0.25) is 0 Å². The number of carbonyl (C=O) groups is 2. The van der Waals surface area contributed by atoms with Crippen molar-refractivity contribution in [1.82, 2.24) is 14.8 Å². The number of H-pyrrole nitrogens is 1. The summed E-state index contributed by atoms with van der Waals surface area (Å²) in [6.45, 7) is 5.88. The molecule has 1 N–H and O–H groups in total. The van der Waals surface area contributed by atoms with Gasteiger partial charge in [0.05, 0.1) is 11.7 Å². The molecule has 2 aliphatic heterocycles. The van der Waals surface area contributed by atoms with Crippen molar-refractivity contribution >= 4 is 28.4 Å². The van der Waals surface area contributed by atoms with Crippen molar-refractivity contribution in [3.05, 3.63) is 101 Å². The lowest BCUT2D eigenvalue weighted by molar-refractivity contribution is -0.136. The Balaban J connectivity index is 1.30. The van der Waals surface area contributed by atoms with Gasteiger partial charge in [-0.25, -0.2) is 4.39 Å². The summed E-state index contributed by atoms with van der Waals surface area (Å²) in [4.78, 5) is 36.5. The lowest BCUT2D eigenvalue weighted by atomic mass is 9.95. The van der Waals surface area contributed by atoms with Gasteiger partial charge in [0.2, 0.25) is 5.91 Å². The molecule has 1 fully saturated rings. The number of para-hydroxylation sites is 2. The number of amides is 2. The van der Waals surface area contributed by atoms with Gasteiger partial charge >= 0.3 is 0 Å².